The van der Waals surface area contributed by atoms with Gasteiger partial charge in [0.05, 0.1) is 30.4 Å². The molecule has 8 nitrogen and oxygen atoms in total. The number of carbonyl (C=O) groups excluding carboxylic acids is 1. The smallest absolute Gasteiger partial charge is 0.258 e. The van der Waals surface area contributed by atoms with Crippen LogP contribution >= 0.6 is 0 Å². The number of benzene rings is 3. The molecule has 0 spiro atoms. The van der Waals surface area contributed by atoms with Crippen LogP contribution in [0.1, 0.15) is 30.0 Å². The van der Waals surface area contributed by atoms with Crippen LogP contribution < -0.4 is 9.64 Å². The fourth-order valence-corrected chi connectivity index (χ4v) is 7.19. The molecule has 3 heterocycles. The lowest BCUT2D eigenvalue weighted by Crippen LogP contribution is -2.40. The van der Waals surface area contributed by atoms with Crippen molar-refractivity contribution >= 4 is 44.2 Å². The van der Waals surface area contributed by atoms with Crippen LogP contribution in [0.5, 0.6) is 5.75 Å². The van der Waals surface area contributed by atoms with E-state index in [9.17, 15) is 13.2 Å². The Hall–Kier alpha value is -3.92. The number of sulfonamides is 1. The number of anilines is 1. The largest absolute Gasteiger partial charge is 0.493 e. The van der Waals surface area contributed by atoms with Crippen molar-refractivity contribution in [3.05, 3.63) is 89.6 Å². The number of nitrogens with zero attached hydrogens (tertiary/aromatic N) is 3. The number of aryl methyl sites for hydroxylation is 2. The van der Waals surface area contributed by atoms with E-state index >= 15 is 0 Å². The van der Waals surface area contributed by atoms with Gasteiger partial charge in [0, 0.05) is 60.0 Å². The average molecular weight is 586 g/mol. The summed E-state index contributed by atoms with van der Waals surface area (Å²) in [6.07, 6.45) is 4.79. The van der Waals surface area contributed by atoms with Crippen molar-refractivity contribution < 1.29 is 22.7 Å². The Bertz CT molecular complexity index is 1770. The first-order valence-electron chi connectivity index (χ1n) is 14.4. The van der Waals surface area contributed by atoms with E-state index in [1.54, 1.807) is 23.1 Å². The fraction of sp³-hybridized carbons (Fsp3) is 0.303. The van der Waals surface area contributed by atoms with Crippen LogP contribution in [0, 0.1) is 6.92 Å². The van der Waals surface area contributed by atoms with Crippen LogP contribution in [0.15, 0.2) is 77.8 Å². The minimum atomic E-state index is -3.71. The normalized spacial score (nSPS) is 16.9. The fourth-order valence-electron chi connectivity index (χ4n) is 5.75. The number of morpholine rings is 1. The summed E-state index contributed by atoms with van der Waals surface area (Å²) in [5.74, 6) is 0.770. The van der Waals surface area contributed by atoms with Crippen LogP contribution in [0.2, 0.25) is 0 Å². The number of amides is 1. The van der Waals surface area contributed by atoms with E-state index in [2.05, 4.69) is 22.9 Å². The highest BCUT2D eigenvalue weighted by Crippen LogP contribution is 2.40. The minimum absolute atomic E-state index is 0.128. The molecule has 218 valence electrons. The predicted octanol–water partition coefficient (Wildman–Crippen LogP) is 5.35. The second kappa shape index (κ2) is 11.8. The van der Waals surface area contributed by atoms with Gasteiger partial charge in [-0.15, -0.1) is 0 Å². The second-order valence-electron chi connectivity index (χ2n) is 10.6. The van der Waals surface area contributed by atoms with Gasteiger partial charge in [0.15, 0.2) is 0 Å². The molecule has 1 saturated heterocycles. The molecule has 2 aliphatic rings. The molecule has 0 bridgehead atoms. The lowest BCUT2D eigenvalue weighted by Gasteiger charge is -2.26. The van der Waals surface area contributed by atoms with E-state index in [0.717, 1.165) is 46.4 Å². The molecular weight excluding hydrogens is 550 g/mol. The first kappa shape index (κ1) is 28.2. The van der Waals surface area contributed by atoms with E-state index in [-0.39, 0.29) is 10.8 Å². The zero-order chi connectivity index (χ0) is 29.3. The molecule has 1 amide bonds. The molecule has 42 heavy (non-hydrogen) atoms. The van der Waals surface area contributed by atoms with Crippen molar-refractivity contribution in [2.24, 2.45) is 0 Å². The Kier molecular flexibility index (Phi) is 7.90. The topological polar surface area (TPSA) is 81.1 Å². The summed E-state index contributed by atoms with van der Waals surface area (Å²) in [6.45, 7) is 7.18. The maximum absolute atomic E-state index is 13.6. The maximum Gasteiger partial charge on any atom is 0.258 e. The zero-order valence-electron chi connectivity index (χ0n) is 24.0. The van der Waals surface area contributed by atoms with Crippen molar-refractivity contribution in [1.82, 2.24) is 8.87 Å². The number of hydrogen-bond acceptors (Lipinski definition) is 5. The summed E-state index contributed by atoms with van der Waals surface area (Å²) in [6, 6.07) is 21.1. The molecule has 0 unspecified atom stereocenters. The SMILES string of the molecule is CCN1C(=O)/C(=C\c2cn(CCCOc3ccccc3C)c3ccccc23)c2cc(S(=O)(=O)N3CCOCC3)ccc21. The molecule has 0 atom stereocenters. The summed E-state index contributed by atoms with van der Waals surface area (Å²) in [5.41, 5.74) is 4.96. The van der Waals surface area contributed by atoms with Crippen LogP contribution in [-0.4, -0.2) is 62.7 Å². The summed E-state index contributed by atoms with van der Waals surface area (Å²) < 4.78 is 41.9. The van der Waals surface area contributed by atoms with E-state index in [4.69, 9.17) is 9.47 Å². The summed E-state index contributed by atoms with van der Waals surface area (Å²) in [4.78, 5) is 15.5. The Morgan fingerprint density at radius 2 is 1.76 bits per heavy atom. The van der Waals surface area contributed by atoms with Gasteiger partial charge in [-0.05, 0) is 62.2 Å². The van der Waals surface area contributed by atoms with E-state index in [0.29, 0.717) is 50.6 Å². The summed E-state index contributed by atoms with van der Waals surface area (Å²) >= 11 is 0. The number of hydrogen-bond donors (Lipinski definition) is 0. The molecule has 3 aromatic carbocycles. The van der Waals surface area contributed by atoms with Gasteiger partial charge < -0.3 is 18.9 Å². The predicted molar refractivity (Wildman–Crippen MR) is 165 cm³/mol. The maximum atomic E-state index is 13.6. The highest BCUT2D eigenvalue weighted by molar-refractivity contribution is 7.89. The van der Waals surface area contributed by atoms with E-state index < -0.39 is 10.0 Å². The minimum Gasteiger partial charge on any atom is -0.493 e. The Morgan fingerprint density at radius 1 is 1.00 bits per heavy atom. The lowest BCUT2D eigenvalue weighted by molar-refractivity contribution is -0.112. The van der Waals surface area contributed by atoms with Crippen LogP contribution in [-0.2, 0) is 26.1 Å². The highest BCUT2D eigenvalue weighted by Gasteiger charge is 2.34. The summed E-state index contributed by atoms with van der Waals surface area (Å²) in [7, 11) is -3.71. The molecule has 0 aliphatic carbocycles. The second-order valence-corrected chi connectivity index (χ2v) is 12.5. The number of carbonyl (C=O) groups is 1. The van der Waals surface area contributed by atoms with Gasteiger partial charge in [0.25, 0.3) is 5.91 Å². The van der Waals surface area contributed by atoms with E-state index in [1.165, 1.54) is 4.31 Å². The van der Waals surface area contributed by atoms with Gasteiger partial charge in [-0.1, -0.05) is 36.4 Å². The van der Waals surface area contributed by atoms with Crippen LogP contribution in [0.25, 0.3) is 22.6 Å². The molecule has 0 radical (unpaired) electrons. The van der Waals surface area contributed by atoms with Crippen molar-refractivity contribution in [1.29, 1.82) is 0 Å². The number of para-hydroxylation sites is 2. The monoisotopic (exact) mass is 585 g/mol. The average Bonchev–Trinajstić information content (AvgIpc) is 3.50. The molecule has 4 aromatic rings. The number of ether oxygens (including phenoxy) is 2. The van der Waals surface area contributed by atoms with Crippen molar-refractivity contribution in [2.45, 2.75) is 31.7 Å². The Balaban J connectivity index is 1.32. The first-order chi connectivity index (χ1) is 20.4. The van der Waals surface area contributed by atoms with Crippen molar-refractivity contribution in [3.8, 4) is 5.75 Å². The number of rotatable bonds is 9. The van der Waals surface area contributed by atoms with Crippen molar-refractivity contribution in [3.63, 3.8) is 0 Å². The molecule has 0 saturated carbocycles. The highest BCUT2D eigenvalue weighted by atomic mass is 32.2. The van der Waals surface area contributed by atoms with Crippen LogP contribution in [0.3, 0.4) is 0 Å². The quantitative estimate of drug-likeness (QED) is 0.196. The van der Waals surface area contributed by atoms with Gasteiger partial charge in [-0.3, -0.25) is 4.79 Å². The third-order valence-corrected chi connectivity index (χ3v) is 9.86. The first-order valence-corrected chi connectivity index (χ1v) is 15.8. The molecule has 0 N–H and O–H groups in total. The van der Waals surface area contributed by atoms with Gasteiger partial charge in [-0.25, -0.2) is 8.42 Å². The zero-order valence-corrected chi connectivity index (χ0v) is 24.8. The lowest BCUT2D eigenvalue weighted by atomic mass is 10.0. The molecular formula is C33H35N3O5S. The molecule has 1 fully saturated rings. The standard InChI is InChI=1S/C33H35N3O5S/c1-3-36-31-14-13-26(42(38,39)35-16-19-40-20-17-35)22-28(31)29(33(36)37)21-25-23-34(30-11-6-5-10-27(25)30)15-8-18-41-32-12-7-4-9-24(32)2/h4-7,9-14,21-23H,3,8,15-20H2,1-2H3/b29-21-. The van der Waals surface area contributed by atoms with Gasteiger partial charge in [-0.2, -0.15) is 4.31 Å². The third-order valence-electron chi connectivity index (χ3n) is 7.96. The third kappa shape index (κ3) is 5.24. The summed E-state index contributed by atoms with van der Waals surface area (Å²) in [5, 5.41) is 1.03. The molecule has 9 heteroatoms. The van der Waals surface area contributed by atoms with E-state index in [1.807, 2.05) is 56.3 Å². The van der Waals surface area contributed by atoms with Gasteiger partial charge in [0.2, 0.25) is 10.0 Å². The van der Waals surface area contributed by atoms with Gasteiger partial charge in [0.1, 0.15) is 5.75 Å². The van der Waals surface area contributed by atoms with Gasteiger partial charge >= 0.3 is 0 Å². The number of likely N-dealkylation sites (N-methyl/N-ethyl adjacent to an activating group) is 1. The van der Waals surface area contributed by atoms with Crippen molar-refractivity contribution in [2.75, 3.05) is 44.4 Å². The number of fused-ring (bicyclic) bond motifs is 2. The Labute approximate surface area is 246 Å². The molecule has 2 aliphatic heterocycles. The Morgan fingerprint density at radius 3 is 2.55 bits per heavy atom. The number of aromatic nitrogens is 1. The molecule has 1 aromatic heterocycles. The van der Waals surface area contributed by atoms with Crippen LogP contribution in [0.4, 0.5) is 5.69 Å². The molecule has 6 rings (SSSR count).